The van der Waals surface area contributed by atoms with Crippen molar-refractivity contribution in [3.63, 3.8) is 0 Å². The van der Waals surface area contributed by atoms with Crippen LogP contribution < -0.4 is 4.74 Å². The number of imidazole rings is 1. The van der Waals surface area contributed by atoms with Crippen LogP contribution in [0.25, 0.3) is 55.6 Å². The topological polar surface area (TPSA) is 57.8 Å². The Morgan fingerprint density at radius 3 is 2.11 bits per heavy atom. The van der Waals surface area contributed by atoms with E-state index >= 15 is 0 Å². The molecule has 0 spiro atoms. The fourth-order valence-corrected chi connectivity index (χ4v) is 5.96. The zero-order chi connectivity index (χ0) is 28.9. The third-order valence-electron chi connectivity index (χ3n) is 7.85. The number of nitrogens with zero attached hydrogens (tertiary/aromatic N) is 5. The number of rotatable bonds is 5. The number of ether oxygens (including phenoxy) is 1. The smallest absolute Gasteiger partial charge is 0.421 e. The molecular weight excluding hydrogens is 726 g/mol. The van der Waals surface area contributed by atoms with E-state index in [4.69, 9.17) is 19.7 Å². The molecule has 0 saturated carbocycles. The van der Waals surface area contributed by atoms with Crippen LogP contribution in [0.4, 0.5) is 0 Å². The molecule has 0 saturated heterocycles. The molecular formula is C37H25N5OPt. The van der Waals surface area contributed by atoms with Crippen LogP contribution in [-0.2, 0) is 21.1 Å². The van der Waals surface area contributed by atoms with E-state index in [1.807, 2.05) is 65.2 Å². The van der Waals surface area contributed by atoms with Crippen molar-refractivity contribution >= 4 is 32.8 Å². The first kappa shape index (κ1) is 27.8. The summed E-state index contributed by atoms with van der Waals surface area (Å²) in [4.78, 5) is 14.4. The molecule has 0 unspecified atom stereocenters. The largest absolute Gasteiger partial charge is 2.00 e. The normalized spacial score (nSPS) is 11.2. The summed E-state index contributed by atoms with van der Waals surface area (Å²) in [5.74, 6) is 2.28. The zero-order valence-corrected chi connectivity index (χ0v) is 26.2. The van der Waals surface area contributed by atoms with E-state index in [1.165, 1.54) is 16.7 Å². The number of pyridine rings is 2. The molecule has 0 radical (unpaired) electrons. The summed E-state index contributed by atoms with van der Waals surface area (Å²) in [6.45, 7) is 4.26. The maximum Gasteiger partial charge on any atom is 2.00 e. The van der Waals surface area contributed by atoms with E-state index in [2.05, 4.69) is 85.4 Å². The minimum Gasteiger partial charge on any atom is -0.421 e. The second-order valence-electron chi connectivity index (χ2n) is 10.5. The quantitative estimate of drug-likeness (QED) is 0.166. The maximum atomic E-state index is 6.22. The first-order valence-electron chi connectivity index (χ1n) is 14.1. The molecule has 0 N–H and O–H groups in total. The molecule has 4 aromatic heterocycles. The average molecular weight is 751 g/mol. The standard InChI is InChI=1S/C37H25N5O.Pt/c1-24-11-7-12-25(2)36(24)28-15-8-18-31-37(28)38-23-41(31)32-19-9-21-34(39-32)43-35-22-10-20-33(40-35)42-29-16-5-3-13-26(29)27-14-4-6-17-30(27)42;/h3-16,18-22H,1-2H3;/q-2;+2. The first-order chi connectivity index (χ1) is 21.2. The minimum absolute atomic E-state index is 0. The van der Waals surface area contributed by atoms with Gasteiger partial charge in [-0.05, 0) is 70.7 Å². The van der Waals surface area contributed by atoms with Gasteiger partial charge in [-0.15, -0.1) is 5.39 Å². The van der Waals surface area contributed by atoms with Crippen molar-refractivity contribution in [2.24, 2.45) is 0 Å². The predicted octanol–water partition coefficient (Wildman–Crippen LogP) is 8.59. The van der Waals surface area contributed by atoms with E-state index in [0.717, 1.165) is 44.2 Å². The SMILES string of the molecule is Cc1cccc(C)c1-c1cccc2c1n[c-]n2-c1cccc(Oc2cccc(-n3c4[c-]cccc4c4ccccc43)n2)n1.[Pt+2]. The van der Waals surface area contributed by atoms with Crippen molar-refractivity contribution in [3.8, 4) is 34.5 Å². The summed E-state index contributed by atoms with van der Waals surface area (Å²) < 4.78 is 10.2. The van der Waals surface area contributed by atoms with Gasteiger partial charge in [0.15, 0.2) is 0 Å². The molecule has 214 valence electrons. The van der Waals surface area contributed by atoms with Crippen LogP contribution in [0.5, 0.6) is 11.8 Å². The molecule has 0 aliphatic heterocycles. The van der Waals surface area contributed by atoms with Crippen molar-refractivity contribution in [3.05, 3.63) is 139 Å². The molecule has 0 atom stereocenters. The number of fused-ring (bicyclic) bond motifs is 4. The second-order valence-corrected chi connectivity index (χ2v) is 10.5. The van der Waals surface area contributed by atoms with Crippen molar-refractivity contribution in [2.45, 2.75) is 13.8 Å². The Morgan fingerprint density at radius 1 is 0.636 bits per heavy atom. The summed E-state index contributed by atoms with van der Waals surface area (Å²) in [6, 6.07) is 41.7. The third kappa shape index (κ3) is 4.59. The number of hydrogen-bond acceptors (Lipinski definition) is 4. The third-order valence-corrected chi connectivity index (χ3v) is 7.85. The molecule has 8 rings (SSSR count). The second kappa shape index (κ2) is 11.2. The number of aryl methyl sites for hydroxylation is 2. The monoisotopic (exact) mass is 750 g/mol. The van der Waals surface area contributed by atoms with Gasteiger partial charge in [0.1, 0.15) is 5.82 Å². The summed E-state index contributed by atoms with van der Waals surface area (Å²) in [7, 11) is 0. The van der Waals surface area contributed by atoms with Crippen molar-refractivity contribution in [2.75, 3.05) is 0 Å². The summed E-state index contributed by atoms with van der Waals surface area (Å²) >= 11 is 0. The molecule has 0 aliphatic rings. The predicted molar refractivity (Wildman–Crippen MR) is 170 cm³/mol. The minimum atomic E-state index is 0. The molecule has 44 heavy (non-hydrogen) atoms. The summed E-state index contributed by atoms with van der Waals surface area (Å²) in [5.41, 5.74) is 8.54. The molecule has 0 amide bonds. The Labute approximate surface area is 268 Å². The van der Waals surface area contributed by atoms with Crippen LogP contribution >= 0.6 is 0 Å². The Hall–Kier alpha value is -5.06. The first-order valence-corrected chi connectivity index (χ1v) is 14.1. The molecule has 4 heterocycles. The van der Waals surface area contributed by atoms with Crippen LogP contribution in [0.15, 0.2) is 115 Å². The van der Waals surface area contributed by atoms with E-state index in [0.29, 0.717) is 17.6 Å². The van der Waals surface area contributed by atoms with Crippen LogP contribution in [0.1, 0.15) is 11.1 Å². The Morgan fingerprint density at radius 2 is 1.30 bits per heavy atom. The van der Waals surface area contributed by atoms with Crippen molar-refractivity contribution in [1.82, 2.24) is 24.1 Å². The number of benzene rings is 4. The van der Waals surface area contributed by atoms with Crippen molar-refractivity contribution in [1.29, 1.82) is 0 Å². The van der Waals surface area contributed by atoms with Gasteiger partial charge in [-0.25, -0.2) is 4.98 Å². The van der Waals surface area contributed by atoms with Crippen LogP contribution in [0, 0.1) is 26.2 Å². The van der Waals surface area contributed by atoms with E-state index in [9.17, 15) is 0 Å². The van der Waals surface area contributed by atoms with Gasteiger partial charge in [0.25, 0.3) is 0 Å². The number of aromatic nitrogens is 5. The van der Waals surface area contributed by atoms with Crippen molar-refractivity contribution < 1.29 is 25.8 Å². The van der Waals surface area contributed by atoms with Crippen LogP contribution in [0.2, 0.25) is 0 Å². The van der Waals surface area contributed by atoms with E-state index in [-0.39, 0.29) is 21.1 Å². The molecule has 0 aliphatic carbocycles. The average Bonchev–Trinajstić information content (AvgIpc) is 3.62. The Kier molecular flexibility index (Phi) is 7.07. The molecule has 4 aromatic carbocycles. The van der Waals surface area contributed by atoms with Gasteiger partial charge in [-0.1, -0.05) is 78.3 Å². The van der Waals surface area contributed by atoms with Gasteiger partial charge >= 0.3 is 21.1 Å². The molecule has 8 aromatic rings. The maximum absolute atomic E-state index is 6.22. The van der Waals surface area contributed by atoms with Gasteiger partial charge in [-0.2, -0.15) is 29.2 Å². The zero-order valence-electron chi connectivity index (χ0n) is 23.9. The molecule has 0 fully saturated rings. The van der Waals surface area contributed by atoms with E-state index in [1.54, 1.807) is 0 Å². The van der Waals surface area contributed by atoms with Crippen LogP contribution in [-0.4, -0.2) is 24.1 Å². The molecule has 7 heteroatoms. The van der Waals surface area contributed by atoms with Gasteiger partial charge in [0.05, 0.1) is 5.82 Å². The van der Waals surface area contributed by atoms with Gasteiger partial charge in [-0.3, -0.25) is 0 Å². The molecule has 0 bridgehead atoms. The summed E-state index contributed by atoms with van der Waals surface area (Å²) in [5, 5.41) is 2.28. The summed E-state index contributed by atoms with van der Waals surface area (Å²) in [6.07, 6.45) is 3.16. The number of para-hydroxylation sites is 3. The van der Waals surface area contributed by atoms with Crippen LogP contribution in [0.3, 0.4) is 0 Å². The Balaban J connectivity index is 0.00000312. The van der Waals surface area contributed by atoms with Gasteiger partial charge in [0, 0.05) is 17.9 Å². The number of hydrogen-bond donors (Lipinski definition) is 0. The fraction of sp³-hybridized carbons (Fsp3) is 0.0541. The van der Waals surface area contributed by atoms with Gasteiger partial charge < -0.3 is 18.9 Å². The molecule has 6 nitrogen and oxygen atoms in total. The van der Waals surface area contributed by atoms with E-state index < -0.39 is 0 Å². The fourth-order valence-electron chi connectivity index (χ4n) is 5.96. The Bertz CT molecular complexity index is 2250. The van der Waals surface area contributed by atoms with Gasteiger partial charge in [0.2, 0.25) is 11.8 Å².